The third-order valence-electron chi connectivity index (χ3n) is 2.01. The summed E-state index contributed by atoms with van der Waals surface area (Å²) < 4.78 is 6.06. The van der Waals surface area contributed by atoms with Crippen molar-refractivity contribution in [1.82, 2.24) is 0 Å². The molecule has 0 fully saturated rings. The summed E-state index contributed by atoms with van der Waals surface area (Å²) in [7, 11) is 1.57. The van der Waals surface area contributed by atoms with Crippen molar-refractivity contribution in [1.29, 1.82) is 0 Å². The second-order valence-electron chi connectivity index (χ2n) is 3.19. The number of hydrogen-bond acceptors (Lipinski definition) is 3. The van der Waals surface area contributed by atoms with Crippen LogP contribution in [0.15, 0.2) is 22.7 Å². The Hall–Kier alpha value is -0.580. The van der Waals surface area contributed by atoms with Crippen LogP contribution in [-0.2, 0) is 0 Å². The molecule has 1 rings (SSSR count). The monoisotopic (exact) mass is 259 g/mol. The zero-order chi connectivity index (χ0) is 10.7. The van der Waals surface area contributed by atoms with Gasteiger partial charge >= 0.3 is 0 Å². The zero-order valence-electron chi connectivity index (χ0n) is 8.20. The number of ether oxygens (including phenoxy) is 1. The fraction of sp³-hybridized carbons (Fsp3) is 0.400. The van der Waals surface area contributed by atoms with Gasteiger partial charge < -0.3 is 15.6 Å². The van der Waals surface area contributed by atoms with Crippen LogP contribution < -0.4 is 10.5 Å². The second-order valence-corrected chi connectivity index (χ2v) is 4.11. The van der Waals surface area contributed by atoms with Crippen molar-refractivity contribution in [3.05, 3.63) is 28.2 Å². The molecule has 0 heterocycles. The lowest BCUT2D eigenvalue weighted by Gasteiger charge is -2.17. The molecule has 0 aliphatic carbocycles. The van der Waals surface area contributed by atoms with E-state index in [4.69, 9.17) is 10.5 Å². The van der Waals surface area contributed by atoms with Gasteiger partial charge in [0, 0.05) is 16.1 Å². The predicted octanol–water partition coefficient (Wildman–Crippen LogP) is 1.84. The van der Waals surface area contributed by atoms with Gasteiger partial charge in [-0.2, -0.15) is 0 Å². The van der Waals surface area contributed by atoms with E-state index >= 15 is 0 Å². The first-order valence-corrected chi connectivity index (χ1v) is 5.12. The van der Waals surface area contributed by atoms with Gasteiger partial charge in [0.1, 0.15) is 5.75 Å². The molecule has 3 nitrogen and oxygen atoms in total. The maximum atomic E-state index is 9.78. The first-order chi connectivity index (χ1) is 6.56. The van der Waals surface area contributed by atoms with Crippen LogP contribution in [0.25, 0.3) is 0 Å². The van der Waals surface area contributed by atoms with E-state index in [-0.39, 0.29) is 6.04 Å². The van der Waals surface area contributed by atoms with Crippen molar-refractivity contribution in [3.8, 4) is 5.75 Å². The summed E-state index contributed by atoms with van der Waals surface area (Å²) in [6.45, 7) is 1.76. The standard InChI is InChI=1S/C10H14BrNO2/c1-6(12)10(13)8-4-3-7(11)5-9(8)14-2/h3-6,10,13H,12H2,1-2H3. The van der Waals surface area contributed by atoms with Crippen LogP contribution in [0.5, 0.6) is 5.75 Å². The van der Waals surface area contributed by atoms with E-state index in [9.17, 15) is 5.11 Å². The Morgan fingerprint density at radius 1 is 1.50 bits per heavy atom. The Bertz CT molecular complexity index is 315. The Morgan fingerprint density at radius 3 is 2.64 bits per heavy atom. The van der Waals surface area contributed by atoms with Crippen LogP contribution in [0.3, 0.4) is 0 Å². The summed E-state index contributed by atoms with van der Waals surface area (Å²) in [6, 6.07) is 5.14. The van der Waals surface area contributed by atoms with Crippen molar-refractivity contribution in [2.75, 3.05) is 7.11 Å². The SMILES string of the molecule is COc1cc(Br)ccc1C(O)C(C)N. The minimum absolute atomic E-state index is 0.315. The molecule has 2 atom stereocenters. The zero-order valence-corrected chi connectivity index (χ0v) is 9.78. The lowest BCUT2D eigenvalue weighted by atomic mass is 10.0. The summed E-state index contributed by atoms with van der Waals surface area (Å²) in [5, 5.41) is 9.78. The predicted molar refractivity (Wildman–Crippen MR) is 59.3 cm³/mol. The van der Waals surface area contributed by atoms with E-state index in [1.807, 2.05) is 6.07 Å². The van der Waals surface area contributed by atoms with E-state index in [2.05, 4.69) is 15.9 Å². The molecule has 0 radical (unpaired) electrons. The molecule has 14 heavy (non-hydrogen) atoms. The highest BCUT2D eigenvalue weighted by atomic mass is 79.9. The Labute approximate surface area is 92.0 Å². The van der Waals surface area contributed by atoms with Crippen LogP contribution in [0.2, 0.25) is 0 Å². The molecular formula is C10H14BrNO2. The smallest absolute Gasteiger partial charge is 0.125 e. The molecule has 3 N–H and O–H groups in total. The largest absolute Gasteiger partial charge is 0.496 e. The average Bonchev–Trinajstić information content (AvgIpc) is 2.16. The maximum absolute atomic E-state index is 9.78. The van der Waals surface area contributed by atoms with Crippen LogP contribution in [0.4, 0.5) is 0 Å². The van der Waals surface area contributed by atoms with Gasteiger partial charge in [0.25, 0.3) is 0 Å². The molecule has 0 spiro atoms. The number of hydrogen-bond donors (Lipinski definition) is 2. The lowest BCUT2D eigenvalue weighted by Crippen LogP contribution is -2.24. The lowest BCUT2D eigenvalue weighted by molar-refractivity contribution is 0.149. The van der Waals surface area contributed by atoms with Crippen LogP contribution in [0.1, 0.15) is 18.6 Å². The second kappa shape index (κ2) is 4.77. The topological polar surface area (TPSA) is 55.5 Å². The number of halogens is 1. The highest BCUT2D eigenvalue weighted by Crippen LogP contribution is 2.29. The van der Waals surface area contributed by atoms with E-state index in [0.717, 1.165) is 4.47 Å². The fourth-order valence-electron chi connectivity index (χ4n) is 1.21. The molecule has 0 aliphatic heterocycles. The third-order valence-corrected chi connectivity index (χ3v) is 2.51. The van der Waals surface area contributed by atoms with E-state index in [1.165, 1.54) is 0 Å². The van der Waals surface area contributed by atoms with Crippen molar-refractivity contribution >= 4 is 15.9 Å². The van der Waals surface area contributed by atoms with Gasteiger partial charge in [-0.3, -0.25) is 0 Å². The normalized spacial score (nSPS) is 14.9. The van der Waals surface area contributed by atoms with Crippen molar-refractivity contribution in [3.63, 3.8) is 0 Å². The Kier molecular flexibility index (Phi) is 3.92. The molecule has 0 saturated heterocycles. The summed E-state index contributed by atoms with van der Waals surface area (Å²) in [4.78, 5) is 0. The third kappa shape index (κ3) is 2.47. The number of benzene rings is 1. The van der Waals surface area contributed by atoms with Gasteiger partial charge in [-0.25, -0.2) is 0 Å². The Morgan fingerprint density at radius 2 is 2.14 bits per heavy atom. The fourth-order valence-corrected chi connectivity index (χ4v) is 1.55. The number of methoxy groups -OCH3 is 1. The first-order valence-electron chi connectivity index (χ1n) is 4.33. The molecule has 0 aromatic heterocycles. The molecule has 1 aromatic rings. The van der Waals surface area contributed by atoms with Crippen molar-refractivity contribution < 1.29 is 9.84 Å². The van der Waals surface area contributed by atoms with Gasteiger partial charge in [0.2, 0.25) is 0 Å². The van der Waals surface area contributed by atoms with Gasteiger partial charge in [-0.05, 0) is 19.1 Å². The molecule has 0 aliphatic rings. The van der Waals surface area contributed by atoms with Crippen molar-refractivity contribution in [2.45, 2.75) is 19.1 Å². The molecule has 78 valence electrons. The summed E-state index contributed by atoms with van der Waals surface area (Å²) in [5.41, 5.74) is 6.33. The molecular weight excluding hydrogens is 246 g/mol. The van der Waals surface area contributed by atoms with E-state index in [1.54, 1.807) is 26.2 Å². The summed E-state index contributed by atoms with van der Waals surface area (Å²) in [6.07, 6.45) is -0.696. The highest BCUT2D eigenvalue weighted by Gasteiger charge is 2.16. The minimum atomic E-state index is -0.696. The van der Waals surface area contributed by atoms with Gasteiger partial charge in [-0.15, -0.1) is 0 Å². The van der Waals surface area contributed by atoms with E-state index < -0.39 is 6.10 Å². The summed E-state index contributed by atoms with van der Waals surface area (Å²) >= 11 is 3.33. The van der Waals surface area contributed by atoms with Crippen LogP contribution in [-0.4, -0.2) is 18.3 Å². The summed E-state index contributed by atoms with van der Waals surface area (Å²) in [5.74, 6) is 0.643. The first kappa shape index (κ1) is 11.5. The minimum Gasteiger partial charge on any atom is -0.496 e. The number of rotatable bonds is 3. The molecule has 0 saturated carbocycles. The molecule has 0 amide bonds. The maximum Gasteiger partial charge on any atom is 0.125 e. The van der Waals surface area contributed by atoms with Gasteiger partial charge in [0.15, 0.2) is 0 Å². The van der Waals surface area contributed by atoms with Crippen LogP contribution >= 0.6 is 15.9 Å². The highest BCUT2D eigenvalue weighted by molar-refractivity contribution is 9.10. The quantitative estimate of drug-likeness (QED) is 0.871. The van der Waals surface area contributed by atoms with Gasteiger partial charge in [-0.1, -0.05) is 22.0 Å². The molecule has 4 heteroatoms. The molecule has 2 unspecified atom stereocenters. The average molecular weight is 260 g/mol. The van der Waals surface area contributed by atoms with E-state index in [0.29, 0.717) is 11.3 Å². The van der Waals surface area contributed by atoms with Crippen molar-refractivity contribution in [2.24, 2.45) is 5.73 Å². The number of aliphatic hydroxyl groups excluding tert-OH is 1. The Balaban J connectivity index is 3.07. The number of aliphatic hydroxyl groups is 1. The molecule has 1 aromatic carbocycles. The number of nitrogens with two attached hydrogens (primary N) is 1. The molecule has 0 bridgehead atoms. The van der Waals surface area contributed by atoms with Crippen LogP contribution in [0, 0.1) is 0 Å². The van der Waals surface area contributed by atoms with Gasteiger partial charge in [0.05, 0.1) is 13.2 Å².